The molecule has 136 valence electrons. The summed E-state index contributed by atoms with van der Waals surface area (Å²) in [5.41, 5.74) is 1.51. The van der Waals surface area contributed by atoms with Gasteiger partial charge in [-0.1, -0.05) is 12.1 Å². The number of aliphatic hydroxyl groups excluding tert-OH is 3. The zero-order chi connectivity index (χ0) is 18.7. The van der Waals surface area contributed by atoms with Gasteiger partial charge in [-0.05, 0) is 30.7 Å². The maximum absolute atomic E-state index is 11.7. The molecule has 9 nitrogen and oxygen atoms in total. The zero-order valence-electron chi connectivity index (χ0n) is 13.6. The fourth-order valence-electron chi connectivity index (χ4n) is 1.58. The van der Waals surface area contributed by atoms with Gasteiger partial charge in [-0.3, -0.25) is 10.6 Å². The van der Waals surface area contributed by atoms with Crippen molar-refractivity contribution in [3.63, 3.8) is 0 Å². The Morgan fingerprint density at radius 3 is 2.56 bits per heavy atom. The van der Waals surface area contributed by atoms with E-state index in [1.54, 1.807) is 19.1 Å². The topological polar surface area (TPSA) is 137 Å². The molecule has 25 heavy (non-hydrogen) atoms. The number of anilines is 2. The molecule has 0 atom stereocenters. The minimum Gasteiger partial charge on any atom is -0.512 e. The summed E-state index contributed by atoms with van der Waals surface area (Å²) in [4.78, 5) is 23.2. The van der Waals surface area contributed by atoms with E-state index in [1.807, 2.05) is 0 Å². The van der Waals surface area contributed by atoms with Crippen LogP contribution in [0.3, 0.4) is 0 Å². The van der Waals surface area contributed by atoms with Gasteiger partial charge in [-0.2, -0.15) is 0 Å². The number of rotatable bonds is 7. The minimum absolute atomic E-state index is 0.0115. The van der Waals surface area contributed by atoms with Crippen molar-refractivity contribution in [2.75, 3.05) is 30.5 Å². The van der Waals surface area contributed by atoms with Gasteiger partial charge in [0, 0.05) is 11.4 Å². The summed E-state index contributed by atoms with van der Waals surface area (Å²) in [5, 5.41) is 31.0. The van der Waals surface area contributed by atoms with Crippen LogP contribution in [-0.2, 0) is 9.47 Å². The van der Waals surface area contributed by atoms with Crippen LogP contribution in [0.25, 0.3) is 0 Å². The maximum Gasteiger partial charge on any atom is 0.412 e. The van der Waals surface area contributed by atoms with Crippen LogP contribution in [0.4, 0.5) is 21.0 Å². The van der Waals surface area contributed by atoms with E-state index in [0.717, 1.165) is 5.56 Å². The highest BCUT2D eigenvalue weighted by Gasteiger charge is 2.09. The van der Waals surface area contributed by atoms with E-state index >= 15 is 0 Å². The number of benzene rings is 1. The Kier molecular flexibility index (Phi) is 8.38. The van der Waals surface area contributed by atoms with Gasteiger partial charge in [0.1, 0.15) is 12.9 Å². The number of amides is 2. The minimum atomic E-state index is -0.847. The van der Waals surface area contributed by atoms with Gasteiger partial charge in [0.15, 0.2) is 12.4 Å². The first-order valence-electron chi connectivity index (χ1n) is 7.22. The summed E-state index contributed by atoms with van der Waals surface area (Å²) >= 11 is 0. The summed E-state index contributed by atoms with van der Waals surface area (Å²) in [6.45, 7) is 1.15. The number of ether oxygens (including phenoxy) is 2. The Hall–Kier alpha value is -3.20. The van der Waals surface area contributed by atoms with Gasteiger partial charge < -0.3 is 24.8 Å². The molecule has 0 saturated carbocycles. The van der Waals surface area contributed by atoms with Gasteiger partial charge in [0.2, 0.25) is 0 Å². The highest BCUT2D eigenvalue weighted by Crippen LogP contribution is 2.20. The van der Waals surface area contributed by atoms with Gasteiger partial charge in [0.25, 0.3) is 0 Å². The molecule has 0 saturated heterocycles. The van der Waals surface area contributed by atoms with E-state index in [0.29, 0.717) is 17.6 Å². The normalized spacial score (nSPS) is 11.2. The third-order valence-corrected chi connectivity index (χ3v) is 2.80. The van der Waals surface area contributed by atoms with Crippen molar-refractivity contribution in [1.29, 1.82) is 0 Å². The first-order chi connectivity index (χ1) is 12.0. The highest BCUT2D eigenvalue weighted by atomic mass is 16.6. The monoisotopic (exact) mass is 352 g/mol. The number of hydrogen-bond acceptors (Lipinski definition) is 7. The third-order valence-electron chi connectivity index (χ3n) is 2.80. The quantitative estimate of drug-likeness (QED) is 0.375. The van der Waals surface area contributed by atoms with Gasteiger partial charge in [0.05, 0.1) is 6.61 Å². The van der Waals surface area contributed by atoms with Crippen molar-refractivity contribution in [3.8, 4) is 0 Å². The second-order valence-corrected chi connectivity index (χ2v) is 4.73. The highest BCUT2D eigenvalue weighted by molar-refractivity contribution is 5.89. The molecule has 0 heterocycles. The lowest BCUT2D eigenvalue weighted by Gasteiger charge is -2.11. The summed E-state index contributed by atoms with van der Waals surface area (Å²) in [6, 6.07) is 4.77. The largest absolute Gasteiger partial charge is 0.512 e. The average Bonchev–Trinajstić information content (AvgIpc) is 2.59. The molecule has 1 aromatic rings. The van der Waals surface area contributed by atoms with Crippen molar-refractivity contribution in [2.24, 2.45) is 0 Å². The van der Waals surface area contributed by atoms with Gasteiger partial charge in [-0.25, -0.2) is 9.59 Å². The van der Waals surface area contributed by atoms with E-state index in [-0.39, 0.29) is 13.2 Å². The summed E-state index contributed by atoms with van der Waals surface area (Å²) in [5.74, 6) is -0.501. The Bertz CT molecular complexity index is 656. The summed E-state index contributed by atoms with van der Waals surface area (Å²) in [6.07, 6.45) is 1.82. The van der Waals surface area contributed by atoms with Gasteiger partial charge in [-0.15, -0.1) is 0 Å². The Morgan fingerprint density at radius 2 is 1.88 bits per heavy atom. The molecule has 0 bridgehead atoms. The van der Waals surface area contributed by atoms with Crippen molar-refractivity contribution >= 4 is 23.6 Å². The lowest BCUT2D eigenvalue weighted by atomic mass is 10.2. The van der Waals surface area contributed by atoms with Crippen LogP contribution >= 0.6 is 0 Å². The fraction of sp³-hybridized carbons (Fsp3) is 0.250. The molecular weight excluding hydrogens is 332 g/mol. The van der Waals surface area contributed by atoms with Crippen molar-refractivity contribution in [3.05, 3.63) is 47.9 Å². The van der Waals surface area contributed by atoms with Crippen LogP contribution < -0.4 is 10.6 Å². The molecule has 0 aromatic heterocycles. The Morgan fingerprint density at radius 1 is 1.16 bits per heavy atom. The van der Waals surface area contributed by atoms with Crippen LogP contribution in [0.2, 0.25) is 0 Å². The summed E-state index contributed by atoms with van der Waals surface area (Å²) < 4.78 is 9.54. The molecular formula is C16H20N2O7. The van der Waals surface area contributed by atoms with Crippen molar-refractivity contribution < 1.29 is 34.4 Å². The predicted molar refractivity (Wildman–Crippen MR) is 90.7 cm³/mol. The Balaban J connectivity index is 2.61. The molecule has 0 fully saturated rings. The van der Waals surface area contributed by atoms with Crippen molar-refractivity contribution in [1.82, 2.24) is 0 Å². The molecule has 1 rings (SSSR count). The zero-order valence-corrected chi connectivity index (χ0v) is 13.6. The molecule has 0 aliphatic carbocycles. The molecule has 2 amide bonds. The van der Waals surface area contributed by atoms with Crippen LogP contribution in [0.15, 0.2) is 42.4 Å². The second kappa shape index (κ2) is 10.6. The molecule has 1 aromatic carbocycles. The third kappa shape index (κ3) is 7.75. The second-order valence-electron chi connectivity index (χ2n) is 4.73. The molecule has 0 radical (unpaired) electrons. The van der Waals surface area contributed by atoms with Crippen LogP contribution in [0.5, 0.6) is 0 Å². The fourth-order valence-corrected chi connectivity index (χ4v) is 1.58. The van der Waals surface area contributed by atoms with E-state index < -0.39 is 24.6 Å². The smallest absolute Gasteiger partial charge is 0.412 e. The SMILES string of the molecule is Cc1ccc(NC(=O)OC/C(O)=C/O)cc1NC(=O)OC/C=C/CO. The maximum atomic E-state index is 11.7. The molecule has 9 heteroatoms. The molecule has 0 unspecified atom stereocenters. The number of aliphatic hydroxyl groups is 3. The van der Waals surface area contributed by atoms with Crippen LogP contribution in [0.1, 0.15) is 5.56 Å². The van der Waals surface area contributed by atoms with Gasteiger partial charge >= 0.3 is 12.2 Å². The number of hydrogen-bond donors (Lipinski definition) is 5. The number of carbonyl (C=O) groups is 2. The number of carbonyl (C=O) groups excluding carboxylic acids is 2. The lowest BCUT2D eigenvalue weighted by molar-refractivity contribution is 0.153. The molecule has 0 aliphatic rings. The average molecular weight is 352 g/mol. The number of nitrogens with one attached hydrogen (secondary N) is 2. The standard InChI is InChI=1S/C16H20N2O7/c1-11-4-5-12(17-15(22)25-10-13(21)9-20)8-14(11)18-16(23)24-7-3-2-6-19/h2-5,8-9,19-21H,6-7,10H2,1H3,(H,17,22)(H,18,23)/b3-2+,13-9-. The van der Waals surface area contributed by atoms with E-state index in [4.69, 9.17) is 20.1 Å². The summed E-state index contributed by atoms with van der Waals surface area (Å²) in [7, 11) is 0. The van der Waals surface area contributed by atoms with E-state index in [1.165, 1.54) is 18.2 Å². The van der Waals surface area contributed by atoms with Crippen LogP contribution in [0, 0.1) is 6.92 Å². The number of aryl methyl sites for hydroxylation is 1. The molecule has 0 aliphatic heterocycles. The predicted octanol–water partition coefficient (Wildman–Crippen LogP) is 2.60. The first-order valence-corrected chi connectivity index (χ1v) is 7.22. The lowest BCUT2D eigenvalue weighted by Crippen LogP contribution is -2.17. The van der Waals surface area contributed by atoms with E-state index in [2.05, 4.69) is 15.4 Å². The Labute approximate surface area is 144 Å². The molecule has 5 N–H and O–H groups in total. The molecule has 0 spiro atoms. The van der Waals surface area contributed by atoms with Crippen LogP contribution in [-0.4, -0.2) is 47.3 Å². The van der Waals surface area contributed by atoms with Crippen molar-refractivity contribution in [2.45, 2.75) is 6.92 Å². The first kappa shape index (κ1) is 19.8. The van der Waals surface area contributed by atoms with E-state index in [9.17, 15) is 9.59 Å².